The van der Waals surface area contributed by atoms with Gasteiger partial charge in [-0.15, -0.1) is 13.2 Å². The Bertz CT molecular complexity index is 1010. The molecule has 2 bridgehead atoms. The van der Waals surface area contributed by atoms with Crippen molar-refractivity contribution in [2.24, 2.45) is 11.8 Å². The lowest BCUT2D eigenvalue weighted by molar-refractivity contribution is -0.159. The van der Waals surface area contributed by atoms with E-state index in [-0.39, 0.29) is 35.7 Å². The number of alkyl halides is 1. The first kappa shape index (κ1) is 35.2. The van der Waals surface area contributed by atoms with Crippen LogP contribution in [0.4, 0.5) is 0 Å². The first-order chi connectivity index (χ1) is 20.7. The van der Waals surface area contributed by atoms with Gasteiger partial charge in [-0.05, 0) is 39.0 Å². The molecule has 0 aromatic heterocycles. The number of hydrogen-bond donors (Lipinski definition) is 2. The molecule has 0 aromatic rings. The molecule has 242 valence electrons. The highest BCUT2D eigenvalue weighted by molar-refractivity contribution is 9.09. The molecule has 0 radical (unpaired) electrons. The molecular weight excluding hydrogens is 618 g/mol. The summed E-state index contributed by atoms with van der Waals surface area (Å²) in [6.07, 6.45) is 9.28. The highest BCUT2D eigenvalue weighted by Crippen LogP contribution is 2.60. The highest BCUT2D eigenvalue weighted by atomic mass is 79.9. The zero-order valence-electron chi connectivity index (χ0n) is 25.8. The van der Waals surface area contributed by atoms with Crippen molar-refractivity contribution >= 4 is 39.6 Å². The molecule has 0 aliphatic carbocycles. The third-order valence-electron chi connectivity index (χ3n) is 8.77. The lowest BCUT2D eigenvalue weighted by Gasteiger charge is -2.37. The lowest BCUT2D eigenvalue weighted by atomic mass is 9.70. The quantitative estimate of drug-likeness (QED) is 0.0881. The standard InChI is InChI=1S/C32H50BrN3O7/c1-5-8-12-17-35(16-7-3)30(40)28-32-20-23(33)27(43-32)25(26(32)29(39)36(28)18-13-10-11-14-19-37)31(41)42-22(4)21-34-24(38)15-9-6-2/h6-7,22-23,25-28,37H,2-3,5,8-21H2,1,4H3,(H,34,38)/t22-,23?,25-,26+,27-,28-,32+/m0/s1. The van der Waals surface area contributed by atoms with Gasteiger partial charge in [-0.1, -0.05) is 60.7 Å². The van der Waals surface area contributed by atoms with Crippen LogP contribution in [0.1, 0.15) is 78.1 Å². The summed E-state index contributed by atoms with van der Waals surface area (Å²) in [5.41, 5.74) is -1.14. The summed E-state index contributed by atoms with van der Waals surface area (Å²) in [6, 6.07) is -0.853. The summed E-state index contributed by atoms with van der Waals surface area (Å²) >= 11 is 3.70. The van der Waals surface area contributed by atoms with Gasteiger partial charge >= 0.3 is 5.97 Å². The lowest BCUT2D eigenvalue weighted by Crippen LogP contribution is -2.57. The third kappa shape index (κ3) is 8.08. The van der Waals surface area contributed by atoms with Crippen LogP contribution in [0.3, 0.4) is 0 Å². The van der Waals surface area contributed by atoms with E-state index in [1.807, 2.05) is 0 Å². The molecule has 2 N–H and O–H groups in total. The second kappa shape index (κ2) is 16.7. The molecule has 3 aliphatic heterocycles. The molecule has 0 aromatic carbocycles. The van der Waals surface area contributed by atoms with E-state index in [4.69, 9.17) is 14.6 Å². The predicted molar refractivity (Wildman–Crippen MR) is 167 cm³/mol. The third-order valence-corrected chi connectivity index (χ3v) is 9.62. The molecule has 3 aliphatic rings. The van der Waals surface area contributed by atoms with E-state index in [1.165, 1.54) is 0 Å². The SMILES string of the molecule is C=CCCC(=O)NC[C@H](C)OC(=O)[C@@H]1[C@H]2O[C@@]3(CC2Br)[C@H](C(=O)N(CC=C)CCCCC)N(CCCCCCO)C(=O)[C@@H]13. The second-order valence-electron chi connectivity index (χ2n) is 12.0. The van der Waals surface area contributed by atoms with Gasteiger partial charge in [0.15, 0.2) is 0 Å². The first-order valence-electron chi connectivity index (χ1n) is 15.9. The zero-order chi connectivity index (χ0) is 31.6. The average Bonchev–Trinajstić information content (AvgIpc) is 3.57. The van der Waals surface area contributed by atoms with Crippen molar-refractivity contribution < 1.29 is 33.8 Å². The van der Waals surface area contributed by atoms with Crippen LogP contribution in [0, 0.1) is 11.8 Å². The largest absolute Gasteiger partial charge is 0.460 e. The Balaban J connectivity index is 1.85. The van der Waals surface area contributed by atoms with Crippen molar-refractivity contribution in [3.8, 4) is 0 Å². The number of aliphatic hydroxyl groups excluding tert-OH is 1. The van der Waals surface area contributed by atoms with Crippen LogP contribution in [0.15, 0.2) is 25.3 Å². The number of carbonyl (C=O) groups excluding carboxylic acids is 4. The normalized spacial score (nSPS) is 28.0. The molecule has 7 atom stereocenters. The number of ether oxygens (including phenoxy) is 2. The number of esters is 1. The second-order valence-corrected chi connectivity index (χ2v) is 13.2. The van der Waals surface area contributed by atoms with E-state index in [1.54, 1.807) is 28.9 Å². The highest BCUT2D eigenvalue weighted by Gasteiger charge is 2.77. The molecule has 10 nitrogen and oxygen atoms in total. The minimum Gasteiger partial charge on any atom is -0.460 e. The van der Waals surface area contributed by atoms with E-state index >= 15 is 0 Å². The fourth-order valence-electron chi connectivity index (χ4n) is 6.74. The molecule has 1 spiro atoms. The van der Waals surface area contributed by atoms with Crippen molar-refractivity contribution in [2.45, 2.75) is 107 Å². The number of halogens is 1. The van der Waals surface area contributed by atoms with E-state index in [2.05, 4.69) is 41.3 Å². The van der Waals surface area contributed by atoms with Crippen molar-refractivity contribution in [3.63, 3.8) is 0 Å². The van der Waals surface area contributed by atoms with Gasteiger partial charge in [0.25, 0.3) is 0 Å². The number of fused-ring (bicyclic) bond motifs is 1. The van der Waals surface area contributed by atoms with Crippen LogP contribution >= 0.6 is 15.9 Å². The van der Waals surface area contributed by atoms with Gasteiger partial charge < -0.3 is 29.7 Å². The van der Waals surface area contributed by atoms with Gasteiger partial charge in [0.2, 0.25) is 17.7 Å². The Kier molecular flexibility index (Phi) is 13.7. The van der Waals surface area contributed by atoms with Gasteiger partial charge in [-0.3, -0.25) is 19.2 Å². The fraction of sp³-hybridized carbons (Fsp3) is 0.750. The van der Waals surface area contributed by atoms with Crippen molar-refractivity contribution in [1.82, 2.24) is 15.1 Å². The number of hydrogen-bond acceptors (Lipinski definition) is 7. The summed E-state index contributed by atoms with van der Waals surface area (Å²) < 4.78 is 12.4. The maximum absolute atomic E-state index is 14.3. The van der Waals surface area contributed by atoms with E-state index in [9.17, 15) is 19.2 Å². The number of amides is 3. The van der Waals surface area contributed by atoms with E-state index in [0.29, 0.717) is 51.7 Å². The molecule has 3 saturated heterocycles. The number of allylic oxidation sites excluding steroid dienone is 1. The smallest absolute Gasteiger partial charge is 0.312 e. The number of unbranched alkanes of at least 4 members (excludes halogenated alkanes) is 5. The Morgan fingerprint density at radius 2 is 1.95 bits per heavy atom. The topological polar surface area (TPSA) is 125 Å². The van der Waals surface area contributed by atoms with Gasteiger partial charge in [-0.25, -0.2) is 0 Å². The van der Waals surface area contributed by atoms with E-state index in [0.717, 1.165) is 32.1 Å². The summed E-state index contributed by atoms with van der Waals surface area (Å²) in [5.74, 6) is -2.83. The monoisotopic (exact) mass is 667 g/mol. The Labute approximate surface area is 264 Å². The Hall–Kier alpha value is -2.24. The van der Waals surface area contributed by atoms with Crippen LogP contribution in [-0.2, 0) is 28.7 Å². The number of nitrogens with one attached hydrogen (secondary N) is 1. The molecule has 3 amide bonds. The first-order valence-corrected chi connectivity index (χ1v) is 16.8. The van der Waals surface area contributed by atoms with Gasteiger partial charge in [0.05, 0.1) is 24.5 Å². The number of nitrogens with zero attached hydrogens (tertiary/aromatic N) is 2. The molecule has 43 heavy (non-hydrogen) atoms. The van der Waals surface area contributed by atoms with Crippen molar-refractivity contribution in [2.75, 3.05) is 32.8 Å². The average molecular weight is 669 g/mol. The predicted octanol–water partition coefficient (Wildman–Crippen LogP) is 3.51. The van der Waals surface area contributed by atoms with Crippen LogP contribution in [0.25, 0.3) is 0 Å². The fourth-order valence-corrected chi connectivity index (χ4v) is 7.68. The maximum Gasteiger partial charge on any atom is 0.312 e. The van der Waals surface area contributed by atoms with Gasteiger partial charge in [0, 0.05) is 37.5 Å². The van der Waals surface area contributed by atoms with Gasteiger partial charge in [-0.2, -0.15) is 0 Å². The number of aliphatic hydroxyl groups is 1. The van der Waals surface area contributed by atoms with Crippen LogP contribution in [0.2, 0.25) is 0 Å². The molecule has 1 unspecified atom stereocenters. The summed E-state index contributed by atoms with van der Waals surface area (Å²) in [5, 5.41) is 11.9. The van der Waals surface area contributed by atoms with Crippen molar-refractivity contribution in [1.29, 1.82) is 0 Å². The minimum atomic E-state index is -1.14. The number of carbonyl (C=O) groups is 4. The maximum atomic E-state index is 14.3. The summed E-state index contributed by atoms with van der Waals surface area (Å²) in [7, 11) is 0. The van der Waals surface area contributed by atoms with Crippen LogP contribution in [-0.4, -0.2) is 100 Å². The molecule has 0 saturated carbocycles. The molecule has 3 heterocycles. The van der Waals surface area contributed by atoms with E-state index < -0.39 is 41.7 Å². The Morgan fingerprint density at radius 3 is 2.63 bits per heavy atom. The minimum absolute atomic E-state index is 0.117. The summed E-state index contributed by atoms with van der Waals surface area (Å²) in [4.78, 5) is 57.4. The molecular formula is C32H50BrN3O7. The van der Waals surface area contributed by atoms with Crippen LogP contribution in [0.5, 0.6) is 0 Å². The summed E-state index contributed by atoms with van der Waals surface area (Å²) in [6.45, 7) is 12.8. The Morgan fingerprint density at radius 1 is 1.21 bits per heavy atom. The molecule has 11 heteroatoms. The van der Waals surface area contributed by atoms with Gasteiger partial charge in [0.1, 0.15) is 17.7 Å². The number of likely N-dealkylation sites (tertiary alicyclic amines) is 1. The molecule has 3 fully saturated rings. The van der Waals surface area contributed by atoms with Crippen molar-refractivity contribution in [3.05, 3.63) is 25.3 Å². The van der Waals surface area contributed by atoms with Crippen LogP contribution < -0.4 is 5.32 Å². The molecule has 3 rings (SSSR count). The number of rotatable bonds is 20. The zero-order valence-corrected chi connectivity index (χ0v) is 27.4.